The fourth-order valence-electron chi connectivity index (χ4n) is 2.66. The number of rotatable bonds is 3. The molecule has 0 saturated heterocycles. The lowest BCUT2D eigenvalue weighted by Crippen LogP contribution is -2.33. The summed E-state index contributed by atoms with van der Waals surface area (Å²) in [5.74, 6) is -0.598. The number of methoxy groups -OCH3 is 1. The first-order chi connectivity index (χ1) is 11.1. The molecule has 24 heavy (non-hydrogen) atoms. The summed E-state index contributed by atoms with van der Waals surface area (Å²) in [6, 6.07) is 2.97. The minimum atomic E-state index is -3.57. The molecule has 1 heterocycles. The first-order valence-corrected chi connectivity index (χ1v) is 9.14. The van der Waals surface area contributed by atoms with Crippen LogP contribution in [0.1, 0.15) is 27.9 Å². The maximum Gasteiger partial charge on any atom is 0.407 e. The average molecular weight is 353 g/mol. The lowest BCUT2D eigenvalue weighted by molar-refractivity contribution is 0.0599. The molecule has 0 atom stereocenters. The maximum atomic E-state index is 12.2. The van der Waals surface area contributed by atoms with Gasteiger partial charge in [-0.25, -0.2) is 18.0 Å². The molecule has 1 aromatic rings. The lowest BCUT2D eigenvalue weighted by Gasteiger charge is -2.25. The third kappa shape index (κ3) is 3.59. The highest BCUT2D eigenvalue weighted by atomic mass is 32.2. The molecule has 2 rings (SSSR count). The molecular weight excluding hydrogens is 334 g/mol. The summed E-state index contributed by atoms with van der Waals surface area (Å²) in [5, 5.41) is 9.00. The summed E-state index contributed by atoms with van der Waals surface area (Å²) >= 11 is 0. The van der Waals surface area contributed by atoms with Crippen molar-refractivity contribution in [3.63, 3.8) is 0 Å². The normalized spacial score (nSPS) is 15.0. The van der Waals surface area contributed by atoms with Crippen LogP contribution >= 0.6 is 0 Å². The van der Waals surface area contributed by atoms with Gasteiger partial charge in [0.15, 0.2) is 9.84 Å². The molecule has 1 amide bonds. The SMILES string of the molecule is COC(=O)c1cc(S(C)(=O)=O)c(C2=CCN(C(=O)O)CC2)cc1C. The van der Waals surface area contributed by atoms with Crippen LogP contribution in [0.2, 0.25) is 0 Å². The van der Waals surface area contributed by atoms with Gasteiger partial charge in [-0.1, -0.05) is 6.08 Å². The molecule has 0 radical (unpaired) electrons. The zero-order valence-electron chi connectivity index (χ0n) is 13.7. The van der Waals surface area contributed by atoms with E-state index in [-0.39, 0.29) is 17.0 Å². The van der Waals surface area contributed by atoms with Gasteiger partial charge < -0.3 is 14.7 Å². The number of nitrogens with zero attached hydrogens (tertiary/aromatic N) is 1. The van der Waals surface area contributed by atoms with Crippen molar-refractivity contribution in [2.45, 2.75) is 18.2 Å². The molecule has 7 nitrogen and oxygen atoms in total. The number of carboxylic acid groups (broad SMARTS) is 1. The van der Waals surface area contributed by atoms with E-state index in [1.165, 1.54) is 18.1 Å². The van der Waals surface area contributed by atoms with Gasteiger partial charge in [0.1, 0.15) is 0 Å². The largest absolute Gasteiger partial charge is 0.465 e. The summed E-state index contributed by atoms with van der Waals surface area (Å²) in [7, 11) is -2.34. The summed E-state index contributed by atoms with van der Waals surface area (Å²) in [6.07, 6.45) is 2.19. The Balaban J connectivity index is 2.56. The van der Waals surface area contributed by atoms with Crippen molar-refractivity contribution >= 4 is 27.5 Å². The van der Waals surface area contributed by atoms with Gasteiger partial charge in [-0.15, -0.1) is 0 Å². The van der Waals surface area contributed by atoms with E-state index in [1.54, 1.807) is 19.1 Å². The van der Waals surface area contributed by atoms with Crippen LogP contribution in [-0.2, 0) is 14.6 Å². The van der Waals surface area contributed by atoms with E-state index in [2.05, 4.69) is 0 Å². The van der Waals surface area contributed by atoms with Gasteiger partial charge in [-0.05, 0) is 42.2 Å². The van der Waals surface area contributed by atoms with E-state index in [9.17, 15) is 18.0 Å². The van der Waals surface area contributed by atoms with Crippen LogP contribution in [0.4, 0.5) is 4.79 Å². The number of hydrogen-bond acceptors (Lipinski definition) is 5. The number of carbonyl (C=O) groups is 2. The zero-order chi connectivity index (χ0) is 18.1. The molecule has 1 aliphatic heterocycles. The van der Waals surface area contributed by atoms with Crippen molar-refractivity contribution in [1.82, 2.24) is 4.90 Å². The molecule has 8 heteroatoms. The predicted octanol–water partition coefficient (Wildman–Crippen LogP) is 1.95. The van der Waals surface area contributed by atoms with Crippen LogP contribution in [0, 0.1) is 6.92 Å². The summed E-state index contributed by atoms with van der Waals surface area (Å²) in [6.45, 7) is 2.20. The van der Waals surface area contributed by atoms with Gasteiger partial charge in [0.05, 0.1) is 17.6 Å². The number of aryl methyl sites for hydroxylation is 1. The average Bonchev–Trinajstić information content (AvgIpc) is 2.52. The van der Waals surface area contributed by atoms with Crippen molar-refractivity contribution in [3.05, 3.63) is 34.9 Å². The van der Waals surface area contributed by atoms with E-state index >= 15 is 0 Å². The Hall–Kier alpha value is -2.35. The summed E-state index contributed by atoms with van der Waals surface area (Å²) < 4.78 is 29.0. The van der Waals surface area contributed by atoms with Crippen molar-refractivity contribution in [1.29, 1.82) is 0 Å². The fraction of sp³-hybridized carbons (Fsp3) is 0.375. The van der Waals surface area contributed by atoms with Crippen LogP contribution in [0.25, 0.3) is 5.57 Å². The maximum absolute atomic E-state index is 12.2. The number of carbonyl (C=O) groups excluding carboxylic acids is 1. The van der Waals surface area contributed by atoms with E-state index in [0.29, 0.717) is 24.1 Å². The predicted molar refractivity (Wildman–Crippen MR) is 87.8 cm³/mol. The van der Waals surface area contributed by atoms with Gasteiger partial charge in [0, 0.05) is 19.3 Å². The minimum absolute atomic E-state index is 0.0449. The second kappa shape index (κ2) is 6.64. The van der Waals surface area contributed by atoms with Crippen LogP contribution in [0.5, 0.6) is 0 Å². The smallest absolute Gasteiger partial charge is 0.407 e. The molecule has 0 spiro atoms. The molecule has 1 aromatic carbocycles. The molecule has 0 aliphatic carbocycles. The van der Waals surface area contributed by atoms with E-state index in [0.717, 1.165) is 11.8 Å². The highest BCUT2D eigenvalue weighted by molar-refractivity contribution is 7.90. The van der Waals surface area contributed by atoms with Crippen LogP contribution in [-0.4, -0.2) is 56.9 Å². The number of esters is 1. The van der Waals surface area contributed by atoms with Gasteiger partial charge >= 0.3 is 12.1 Å². The molecule has 0 fully saturated rings. The number of ether oxygens (including phenoxy) is 1. The van der Waals surface area contributed by atoms with Gasteiger partial charge in [0.25, 0.3) is 0 Å². The molecule has 1 aliphatic rings. The number of sulfone groups is 1. The van der Waals surface area contributed by atoms with Crippen molar-refractivity contribution < 1.29 is 27.9 Å². The highest BCUT2D eigenvalue weighted by Crippen LogP contribution is 2.31. The molecular formula is C16H19NO6S. The number of benzene rings is 1. The van der Waals surface area contributed by atoms with Crippen molar-refractivity contribution in [2.24, 2.45) is 0 Å². The Labute approximate surface area is 140 Å². The van der Waals surface area contributed by atoms with Crippen LogP contribution in [0.15, 0.2) is 23.1 Å². The molecule has 0 aromatic heterocycles. The van der Waals surface area contributed by atoms with Crippen LogP contribution in [0.3, 0.4) is 0 Å². The Morgan fingerprint density at radius 2 is 1.96 bits per heavy atom. The summed E-state index contributed by atoms with van der Waals surface area (Å²) in [5.41, 5.74) is 2.07. The van der Waals surface area contributed by atoms with Crippen molar-refractivity contribution in [3.8, 4) is 0 Å². The molecule has 130 valence electrons. The van der Waals surface area contributed by atoms with E-state index in [1.807, 2.05) is 0 Å². The van der Waals surface area contributed by atoms with E-state index in [4.69, 9.17) is 9.84 Å². The highest BCUT2D eigenvalue weighted by Gasteiger charge is 2.24. The molecule has 1 N–H and O–H groups in total. The van der Waals surface area contributed by atoms with Gasteiger partial charge in [0.2, 0.25) is 0 Å². The van der Waals surface area contributed by atoms with Gasteiger partial charge in [-0.3, -0.25) is 0 Å². The topological polar surface area (TPSA) is 101 Å². The first kappa shape index (κ1) is 18.0. The minimum Gasteiger partial charge on any atom is -0.465 e. The van der Waals surface area contributed by atoms with E-state index < -0.39 is 21.9 Å². The third-order valence-electron chi connectivity index (χ3n) is 3.96. The third-order valence-corrected chi connectivity index (χ3v) is 5.09. The van der Waals surface area contributed by atoms with Crippen molar-refractivity contribution in [2.75, 3.05) is 26.5 Å². The quantitative estimate of drug-likeness (QED) is 0.834. The second-order valence-corrected chi connectivity index (χ2v) is 7.62. The lowest BCUT2D eigenvalue weighted by atomic mass is 9.95. The Bertz CT molecular complexity index is 825. The zero-order valence-corrected chi connectivity index (χ0v) is 14.5. The number of amides is 1. The number of hydrogen-bond donors (Lipinski definition) is 1. The van der Waals surface area contributed by atoms with Gasteiger partial charge in [-0.2, -0.15) is 0 Å². The fourth-order valence-corrected chi connectivity index (χ4v) is 3.58. The molecule has 0 unspecified atom stereocenters. The Kier molecular flexibility index (Phi) is 4.98. The Morgan fingerprint density at radius 1 is 1.29 bits per heavy atom. The second-order valence-electron chi connectivity index (χ2n) is 5.63. The monoisotopic (exact) mass is 353 g/mol. The molecule has 0 bridgehead atoms. The van der Waals surface area contributed by atoms with Crippen LogP contribution < -0.4 is 0 Å². The molecule has 0 saturated carbocycles. The standard InChI is InChI=1S/C16H19NO6S/c1-10-8-13(11-4-6-17(7-5-11)16(19)20)14(24(3,21)22)9-12(10)15(18)23-2/h4,8-9H,5-7H2,1-3H3,(H,19,20). The first-order valence-electron chi connectivity index (χ1n) is 7.25. The summed E-state index contributed by atoms with van der Waals surface area (Å²) in [4.78, 5) is 24.1. The Morgan fingerprint density at radius 3 is 2.42 bits per heavy atom.